The van der Waals surface area contributed by atoms with E-state index in [9.17, 15) is 9.18 Å². The second-order valence-corrected chi connectivity index (χ2v) is 5.60. The maximum absolute atomic E-state index is 13.0. The molecule has 1 saturated carbocycles. The summed E-state index contributed by atoms with van der Waals surface area (Å²) in [6.07, 6.45) is 5.71. The van der Waals surface area contributed by atoms with Gasteiger partial charge in [0, 0.05) is 11.5 Å². The van der Waals surface area contributed by atoms with Crippen LogP contribution in [0.4, 0.5) is 4.39 Å². The number of nitrogens with zero attached hydrogens (tertiary/aromatic N) is 2. The summed E-state index contributed by atoms with van der Waals surface area (Å²) in [5.74, 6) is -0.0142. The molecule has 1 aromatic heterocycles. The molecule has 0 atom stereocenters. The first kappa shape index (κ1) is 14.6. The van der Waals surface area contributed by atoms with E-state index in [0.717, 1.165) is 42.6 Å². The highest BCUT2D eigenvalue weighted by molar-refractivity contribution is 5.78. The van der Waals surface area contributed by atoms with Gasteiger partial charge in [0.25, 0.3) is 0 Å². The van der Waals surface area contributed by atoms with Crippen LogP contribution in [-0.2, 0) is 11.3 Å². The number of hydrogen-bond donors (Lipinski definition) is 1. The second kappa shape index (κ2) is 6.64. The van der Waals surface area contributed by atoms with Crippen LogP contribution in [0.5, 0.6) is 0 Å². The Balaban J connectivity index is 1.66. The number of halogens is 1. The van der Waals surface area contributed by atoms with Crippen molar-refractivity contribution in [3.05, 3.63) is 48.2 Å². The van der Waals surface area contributed by atoms with Crippen molar-refractivity contribution in [1.82, 2.24) is 15.3 Å². The number of amides is 1. The summed E-state index contributed by atoms with van der Waals surface area (Å²) in [5, 5.41) is 2.94. The van der Waals surface area contributed by atoms with Crippen molar-refractivity contribution in [3.63, 3.8) is 0 Å². The summed E-state index contributed by atoms with van der Waals surface area (Å²) in [4.78, 5) is 20.4. The summed E-state index contributed by atoms with van der Waals surface area (Å²) in [6.45, 7) is 0.395. The van der Waals surface area contributed by atoms with Gasteiger partial charge in [0.15, 0.2) is 0 Å². The molecule has 1 aliphatic carbocycles. The maximum Gasteiger partial charge on any atom is 0.223 e. The molecule has 0 aliphatic heterocycles. The number of benzene rings is 1. The molecule has 2 aromatic rings. The predicted octanol–water partition coefficient (Wildman–Crippen LogP) is 3.09. The average Bonchev–Trinajstić information content (AvgIpc) is 3.08. The average molecular weight is 299 g/mol. The summed E-state index contributed by atoms with van der Waals surface area (Å²) >= 11 is 0. The van der Waals surface area contributed by atoms with E-state index in [1.165, 1.54) is 18.5 Å². The standard InChI is InChI=1S/C17H18FN3O/c18-14-7-5-12(6-8-14)16-9-15(20-11-21-16)10-19-17(22)13-3-1-2-4-13/h5-9,11,13H,1-4,10H2,(H,19,22). The maximum atomic E-state index is 13.0. The monoisotopic (exact) mass is 299 g/mol. The minimum atomic E-state index is -0.276. The molecule has 4 nitrogen and oxygen atoms in total. The fraction of sp³-hybridized carbons (Fsp3) is 0.353. The first-order valence-corrected chi connectivity index (χ1v) is 7.57. The fourth-order valence-electron chi connectivity index (χ4n) is 2.78. The van der Waals surface area contributed by atoms with E-state index >= 15 is 0 Å². The molecule has 0 radical (unpaired) electrons. The highest BCUT2D eigenvalue weighted by atomic mass is 19.1. The van der Waals surface area contributed by atoms with Gasteiger partial charge in [0.05, 0.1) is 17.9 Å². The van der Waals surface area contributed by atoms with Crippen LogP contribution in [0.2, 0.25) is 0 Å². The third-order valence-electron chi connectivity index (χ3n) is 4.03. The smallest absolute Gasteiger partial charge is 0.223 e. The van der Waals surface area contributed by atoms with E-state index in [1.54, 1.807) is 12.1 Å². The summed E-state index contributed by atoms with van der Waals surface area (Å²) in [5.41, 5.74) is 2.30. The lowest BCUT2D eigenvalue weighted by Crippen LogP contribution is -2.29. The summed E-state index contributed by atoms with van der Waals surface area (Å²) in [7, 11) is 0. The van der Waals surface area contributed by atoms with Gasteiger partial charge >= 0.3 is 0 Å². The van der Waals surface area contributed by atoms with E-state index in [0.29, 0.717) is 6.54 Å². The van der Waals surface area contributed by atoms with Gasteiger partial charge in [-0.25, -0.2) is 14.4 Å². The van der Waals surface area contributed by atoms with Gasteiger partial charge in [-0.2, -0.15) is 0 Å². The quantitative estimate of drug-likeness (QED) is 0.944. The molecule has 1 N–H and O–H groups in total. The molecule has 1 aliphatic rings. The largest absolute Gasteiger partial charge is 0.350 e. The molecular formula is C17H18FN3O. The molecular weight excluding hydrogens is 281 g/mol. The fourth-order valence-corrected chi connectivity index (χ4v) is 2.78. The van der Waals surface area contributed by atoms with Crippen LogP contribution in [0.25, 0.3) is 11.3 Å². The van der Waals surface area contributed by atoms with Gasteiger partial charge < -0.3 is 5.32 Å². The first-order chi connectivity index (χ1) is 10.7. The molecule has 1 heterocycles. The van der Waals surface area contributed by atoms with Crippen LogP contribution in [0.1, 0.15) is 31.4 Å². The van der Waals surface area contributed by atoms with Crippen molar-refractivity contribution in [1.29, 1.82) is 0 Å². The predicted molar refractivity (Wildman–Crippen MR) is 81.2 cm³/mol. The zero-order valence-electron chi connectivity index (χ0n) is 12.3. The lowest BCUT2D eigenvalue weighted by Gasteiger charge is -2.10. The van der Waals surface area contributed by atoms with Crippen molar-refractivity contribution in [2.24, 2.45) is 5.92 Å². The number of aromatic nitrogens is 2. The molecule has 114 valence electrons. The molecule has 1 fully saturated rings. The van der Waals surface area contributed by atoms with E-state index in [4.69, 9.17) is 0 Å². The number of hydrogen-bond acceptors (Lipinski definition) is 3. The van der Waals surface area contributed by atoms with Gasteiger partial charge in [-0.3, -0.25) is 4.79 Å². The molecule has 3 rings (SSSR count). The SMILES string of the molecule is O=C(NCc1cc(-c2ccc(F)cc2)ncn1)C1CCCC1. The lowest BCUT2D eigenvalue weighted by molar-refractivity contribution is -0.124. The van der Waals surface area contributed by atoms with Crippen LogP contribution >= 0.6 is 0 Å². The number of carbonyl (C=O) groups excluding carboxylic acids is 1. The first-order valence-electron chi connectivity index (χ1n) is 7.57. The Kier molecular flexibility index (Phi) is 4.42. The summed E-state index contributed by atoms with van der Waals surface area (Å²) < 4.78 is 13.0. The van der Waals surface area contributed by atoms with Crippen LogP contribution in [0, 0.1) is 11.7 Å². The van der Waals surface area contributed by atoms with E-state index < -0.39 is 0 Å². The van der Waals surface area contributed by atoms with Gasteiger partial charge in [0.2, 0.25) is 5.91 Å². The van der Waals surface area contributed by atoms with Crippen molar-refractivity contribution in [3.8, 4) is 11.3 Å². The molecule has 22 heavy (non-hydrogen) atoms. The van der Waals surface area contributed by atoms with Crippen LogP contribution in [0.3, 0.4) is 0 Å². The van der Waals surface area contributed by atoms with E-state index in [1.807, 2.05) is 6.07 Å². The number of rotatable bonds is 4. The third-order valence-corrected chi connectivity index (χ3v) is 4.03. The molecule has 1 amide bonds. The van der Waals surface area contributed by atoms with Crippen LogP contribution < -0.4 is 5.32 Å². The van der Waals surface area contributed by atoms with Crippen molar-refractivity contribution < 1.29 is 9.18 Å². The number of carbonyl (C=O) groups is 1. The Morgan fingerprint density at radius 1 is 1.18 bits per heavy atom. The molecule has 0 saturated heterocycles. The Labute approximate surface area is 128 Å². The zero-order chi connectivity index (χ0) is 15.4. The molecule has 5 heteroatoms. The normalized spacial score (nSPS) is 15.0. The Hall–Kier alpha value is -2.30. The van der Waals surface area contributed by atoms with Crippen LogP contribution in [0.15, 0.2) is 36.7 Å². The zero-order valence-corrected chi connectivity index (χ0v) is 12.3. The van der Waals surface area contributed by atoms with Crippen molar-refractivity contribution in [2.75, 3.05) is 0 Å². The minimum Gasteiger partial charge on any atom is -0.350 e. The lowest BCUT2D eigenvalue weighted by atomic mass is 10.1. The van der Waals surface area contributed by atoms with Gasteiger partial charge in [-0.05, 0) is 43.2 Å². The highest BCUT2D eigenvalue weighted by Crippen LogP contribution is 2.24. The van der Waals surface area contributed by atoms with Gasteiger partial charge in [0.1, 0.15) is 12.1 Å². The Morgan fingerprint density at radius 3 is 2.64 bits per heavy atom. The van der Waals surface area contributed by atoms with E-state index in [-0.39, 0.29) is 17.6 Å². The van der Waals surface area contributed by atoms with E-state index in [2.05, 4.69) is 15.3 Å². The molecule has 0 bridgehead atoms. The van der Waals surface area contributed by atoms with Crippen LogP contribution in [-0.4, -0.2) is 15.9 Å². The third kappa shape index (κ3) is 3.47. The van der Waals surface area contributed by atoms with Gasteiger partial charge in [-0.1, -0.05) is 12.8 Å². The minimum absolute atomic E-state index is 0.111. The topological polar surface area (TPSA) is 54.9 Å². The Bertz CT molecular complexity index is 651. The highest BCUT2D eigenvalue weighted by Gasteiger charge is 2.22. The Morgan fingerprint density at radius 2 is 1.91 bits per heavy atom. The molecule has 1 aromatic carbocycles. The number of nitrogens with one attached hydrogen (secondary N) is 1. The summed E-state index contributed by atoms with van der Waals surface area (Å²) in [6, 6.07) is 7.98. The second-order valence-electron chi connectivity index (χ2n) is 5.60. The van der Waals surface area contributed by atoms with Gasteiger partial charge in [-0.15, -0.1) is 0 Å². The molecule has 0 spiro atoms. The van der Waals surface area contributed by atoms with Crippen molar-refractivity contribution >= 4 is 5.91 Å². The molecule has 0 unspecified atom stereocenters. The van der Waals surface area contributed by atoms with Crippen molar-refractivity contribution in [2.45, 2.75) is 32.2 Å².